The molecule has 9 nitrogen and oxygen atoms in total. The summed E-state index contributed by atoms with van der Waals surface area (Å²) in [6, 6.07) is 6.40. The van der Waals surface area contributed by atoms with E-state index in [2.05, 4.69) is 10.3 Å². The third kappa shape index (κ3) is 3.46. The van der Waals surface area contributed by atoms with Crippen molar-refractivity contribution in [2.75, 3.05) is 5.32 Å². The molecule has 0 saturated carbocycles. The van der Waals surface area contributed by atoms with Gasteiger partial charge in [-0.1, -0.05) is 6.92 Å². The number of rotatable bonds is 3. The Morgan fingerprint density at radius 1 is 1.33 bits per heavy atom. The average molecular weight is 366 g/mol. The van der Waals surface area contributed by atoms with Crippen molar-refractivity contribution in [1.29, 1.82) is 5.26 Å². The van der Waals surface area contributed by atoms with Crippen LogP contribution in [0.15, 0.2) is 29.1 Å². The van der Waals surface area contributed by atoms with Crippen LogP contribution in [0.3, 0.4) is 0 Å². The van der Waals surface area contributed by atoms with Gasteiger partial charge in [-0.2, -0.15) is 5.26 Å². The minimum Gasteiger partial charge on any atom is -0.325 e. The molecule has 0 bridgehead atoms. The number of aromatic amines is 1. The Kier molecular flexibility index (Phi) is 4.56. The average Bonchev–Trinajstić information content (AvgIpc) is 2.60. The molecule has 1 amide bonds. The van der Waals surface area contributed by atoms with Gasteiger partial charge in [-0.25, -0.2) is 0 Å². The second-order valence-electron chi connectivity index (χ2n) is 6.39. The van der Waals surface area contributed by atoms with E-state index in [1.54, 1.807) is 6.07 Å². The van der Waals surface area contributed by atoms with Crippen LogP contribution in [-0.4, -0.2) is 21.6 Å². The number of hydrogen-bond acceptors (Lipinski definition) is 6. The zero-order valence-electron chi connectivity index (χ0n) is 14.2. The molecular formula is C18H14N4O5. The zero-order valence-corrected chi connectivity index (χ0v) is 14.2. The number of nitro groups is 1. The fourth-order valence-electron chi connectivity index (χ4n) is 3.03. The lowest BCUT2D eigenvalue weighted by Crippen LogP contribution is -2.29. The fraction of sp³-hybridized carbons (Fsp3) is 0.222. The van der Waals surface area contributed by atoms with E-state index in [-0.39, 0.29) is 34.2 Å². The highest BCUT2D eigenvalue weighted by Gasteiger charge is 2.26. The third-order valence-corrected chi connectivity index (χ3v) is 4.34. The number of pyridine rings is 1. The lowest BCUT2D eigenvalue weighted by Gasteiger charge is -2.20. The highest BCUT2D eigenvalue weighted by molar-refractivity contribution is 6.07. The second-order valence-corrected chi connectivity index (χ2v) is 6.39. The van der Waals surface area contributed by atoms with Gasteiger partial charge in [0.2, 0.25) is 0 Å². The number of benzene rings is 1. The predicted molar refractivity (Wildman–Crippen MR) is 94.6 cm³/mol. The summed E-state index contributed by atoms with van der Waals surface area (Å²) in [6.45, 7) is 1.90. The topological polar surface area (TPSA) is 146 Å². The molecular weight excluding hydrogens is 352 g/mol. The summed E-state index contributed by atoms with van der Waals surface area (Å²) in [4.78, 5) is 49.6. The SMILES string of the molecule is CC1CC(=O)c2cc(C(=O)Nc3ccc([N+](=O)[O-])cc3C#N)c(=O)[nH]c2C1. The summed E-state index contributed by atoms with van der Waals surface area (Å²) in [5.74, 6) is -0.850. The number of anilines is 1. The first-order chi connectivity index (χ1) is 12.8. The Bertz CT molecular complexity index is 1080. The Morgan fingerprint density at radius 3 is 2.74 bits per heavy atom. The normalized spacial score (nSPS) is 15.6. The van der Waals surface area contributed by atoms with Crippen molar-refractivity contribution in [3.05, 3.63) is 67.1 Å². The minimum atomic E-state index is -0.809. The van der Waals surface area contributed by atoms with Gasteiger partial charge in [-0.15, -0.1) is 0 Å². The van der Waals surface area contributed by atoms with Crippen molar-refractivity contribution < 1.29 is 14.5 Å². The van der Waals surface area contributed by atoms with Gasteiger partial charge in [0.05, 0.1) is 16.2 Å². The molecule has 2 N–H and O–H groups in total. The van der Waals surface area contributed by atoms with E-state index in [0.29, 0.717) is 24.1 Å². The molecule has 1 heterocycles. The maximum absolute atomic E-state index is 12.5. The number of amides is 1. The van der Waals surface area contributed by atoms with E-state index in [9.17, 15) is 24.5 Å². The molecule has 3 rings (SSSR count). The Morgan fingerprint density at radius 2 is 2.07 bits per heavy atom. The molecule has 136 valence electrons. The van der Waals surface area contributed by atoms with Crippen LogP contribution < -0.4 is 10.9 Å². The van der Waals surface area contributed by atoms with E-state index in [1.807, 2.05) is 6.92 Å². The van der Waals surface area contributed by atoms with E-state index in [0.717, 1.165) is 12.1 Å². The number of hydrogen-bond donors (Lipinski definition) is 2. The van der Waals surface area contributed by atoms with E-state index in [4.69, 9.17) is 5.26 Å². The summed E-state index contributed by atoms with van der Waals surface area (Å²) < 4.78 is 0. The number of fused-ring (bicyclic) bond motifs is 1. The number of nitriles is 1. The van der Waals surface area contributed by atoms with Crippen molar-refractivity contribution in [2.45, 2.75) is 19.8 Å². The maximum Gasteiger partial charge on any atom is 0.270 e. The number of Topliss-reactive ketones (excluding diaryl/α,β-unsaturated/α-hetero) is 1. The third-order valence-electron chi connectivity index (χ3n) is 4.34. The molecule has 0 saturated heterocycles. The first-order valence-corrected chi connectivity index (χ1v) is 8.09. The summed E-state index contributed by atoms with van der Waals surface area (Å²) in [7, 11) is 0. The van der Waals surface area contributed by atoms with Gasteiger partial charge in [0.1, 0.15) is 11.6 Å². The van der Waals surface area contributed by atoms with Gasteiger partial charge in [0, 0.05) is 29.8 Å². The lowest BCUT2D eigenvalue weighted by atomic mass is 9.86. The molecule has 1 atom stereocenters. The molecule has 1 aromatic heterocycles. The first kappa shape index (κ1) is 18.0. The summed E-state index contributed by atoms with van der Waals surface area (Å²) in [5.41, 5.74) is -0.472. The smallest absolute Gasteiger partial charge is 0.270 e. The van der Waals surface area contributed by atoms with Gasteiger partial charge in [0.25, 0.3) is 17.2 Å². The van der Waals surface area contributed by atoms with Gasteiger partial charge in [0.15, 0.2) is 5.78 Å². The number of nitrogens with zero attached hydrogens (tertiary/aromatic N) is 2. The standard InChI is InChI=1S/C18H14N4O5/c1-9-4-15-12(16(23)5-9)7-13(18(25)21-15)17(24)20-14-3-2-11(22(26)27)6-10(14)8-19/h2-3,6-7,9H,4-5H2,1H3,(H,20,24)(H,21,25). The monoisotopic (exact) mass is 366 g/mol. The van der Waals surface area contributed by atoms with Crippen LogP contribution in [0.5, 0.6) is 0 Å². The van der Waals surface area contributed by atoms with Crippen molar-refractivity contribution in [3.8, 4) is 6.07 Å². The molecule has 1 unspecified atom stereocenters. The molecule has 1 aromatic carbocycles. The Hall–Kier alpha value is -3.80. The molecule has 9 heteroatoms. The van der Waals surface area contributed by atoms with Crippen LogP contribution >= 0.6 is 0 Å². The lowest BCUT2D eigenvalue weighted by molar-refractivity contribution is -0.384. The van der Waals surface area contributed by atoms with Crippen molar-refractivity contribution in [3.63, 3.8) is 0 Å². The van der Waals surface area contributed by atoms with Crippen LogP contribution in [0.4, 0.5) is 11.4 Å². The van der Waals surface area contributed by atoms with Gasteiger partial charge >= 0.3 is 0 Å². The molecule has 1 aliphatic rings. The highest BCUT2D eigenvalue weighted by atomic mass is 16.6. The Labute approximate surface area is 152 Å². The highest BCUT2D eigenvalue weighted by Crippen LogP contribution is 2.24. The molecule has 27 heavy (non-hydrogen) atoms. The Balaban J connectivity index is 1.95. The van der Waals surface area contributed by atoms with E-state index >= 15 is 0 Å². The van der Waals surface area contributed by atoms with Crippen LogP contribution in [0.2, 0.25) is 0 Å². The van der Waals surface area contributed by atoms with Crippen LogP contribution in [0, 0.1) is 27.4 Å². The van der Waals surface area contributed by atoms with Crippen LogP contribution in [-0.2, 0) is 6.42 Å². The molecule has 0 spiro atoms. The number of nitro benzene ring substituents is 1. The summed E-state index contributed by atoms with van der Waals surface area (Å²) in [5, 5.41) is 22.3. The maximum atomic E-state index is 12.5. The first-order valence-electron chi connectivity index (χ1n) is 8.09. The van der Waals surface area contributed by atoms with Gasteiger partial charge in [-0.05, 0) is 24.5 Å². The number of aromatic nitrogens is 1. The van der Waals surface area contributed by atoms with E-state index in [1.165, 1.54) is 12.1 Å². The van der Waals surface area contributed by atoms with Gasteiger partial charge in [-0.3, -0.25) is 24.5 Å². The van der Waals surface area contributed by atoms with Crippen LogP contribution in [0.1, 0.15) is 45.3 Å². The van der Waals surface area contributed by atoms with Crippen molar-refractivity contribution >= 4 is 23.1 Å². The number of carbonyl (C=O) groups is 2. The molecule has 0 aliphatic heterocycles. The number of nitrogens with one attached hydrogen (secondary N) is 2. The molecule has 0 radical (unpaired) electrons. The predicted octanol–water partition coefficient (Wildman–Crippen LogP) is 2.17. The molecule has 1 aliphatic carbocycles. The number of H-pyrrole nitrogens is 1. The van der Waals surface area contributed by atoms with Crippen molar-refractivity contribution in [2.24, 2.45) is 5.92 Å². The molecule has 0 fully saturated rings. The largest absolute Gasteiger partial charge is 0.325 e. The van der Waals surface area contributed by atoms with Gasteiger partial charge < -0.3 is 10.3 Å². The summed E-state index contributed by atoms with van der Waals surface area (Å²) >= 11 is 0. The van der Waals surface area contributed by atoms with Crippen molar-refractivity contribution in [1.82, 2.24) is 4.98 Å². The minimum absolute atomic E-state index is 0.0326. The number of non-ortho nitro benzene ring substituents is 1. The molecule has 2 aromatic rings. The van der Waals surface area contributed by atoms with E-state index < -0.39 is 16.4 Å². The quantitative estimate of drug-likeness (QED) is 0.629. The summed E-state index contributed by atoms with van der Waals surface area (Å²) in [6.07, 6.45) is 0.875. The second kappa shape index (κ2) is 6.84. The van der Waals surface area contributed by atoms with Crippen LogP contribution in [0.25, 0.3) is 0 Å². The fourth-order valence-corrected chi connectivity index (χ4v) is 3.03. The number of ketones is 1. The zero-order chi connectivity index (χ0) is 19.7. The number of carbonyl (C=O) groups excluding carboxylic acids is 2.